The van der Waals surface area contributed by atoms with Crippen LogP contribution in [0, 0.1) is 12.7 Å². The van der Waals surface area contributed by atoms with Crippen LogP contribution in [0.2, 0.25) is 0 Å². The van der Waals surface area contributed by atoms with Crippen molar-refractivity contribution < 1.29 is 14.3 Å². The van der Waals surface area contributed by atoms with Gasteiger partial charge < -0.3 is 5.11 Å². The van der Waals surface area contributed by atoms with Gasteiger partial charge >= 0.3 is 5.97 Å². The first-order chi connectivity index (χ1) is 9.08. The average molecular weight is 258 g/mol. The zero-order valence-electron chi connectivity index (χ0n) is 10.6. The molecule has 0 bridgehead atoms. The van der Waals surface area contributed by atoms with Gasteiger partial charge in [-0.15, -0.1) is 0 Å². The lowest BCUT2D eigenvalue weighted by Gasteiger charge is -2.14. The van der Waals surface area contributed by atoms with Crippen LogP contribution in [-0.2, 0) is 11.2 Å². The van der Waals surface area contributed by atoms with Crippen LogP contribution in [0.1, 0.15) is 22.6 Å². The third-order valence-electron chi connectivity index (χ3n) is 3.26. The zero-order valence-corrected chi connectivity index (χ0v) is 10.6. The topological polar surface area (TPSA) is 37.3 Å². The summed E-state index contributed by atoms with van der Waals surface area (Å²) in [7, 11) is 0. The van der Waals surface area contributed by atoms with Crippen molar-refractivity contribution >= 4 is 5.97 Å². The largest absolute Gasteiger partial charge is 0.481 e. The van der Waals surface area contributed by atoms with Gasteiger partial charge in [0.25, 0.3) is 0 Å². The summed E-state index contributed by atoms with van der Waals surface area (Å²) in [6.07, 6.45) is 0.410. The molecule has 0 saturated carbocycles. The van der Waals surface area contributed by atoms with Gasteiger partial charge in [-0.05, 0) is 42.2 Å². The zero-order chi connectivity index (χ0) is 13.8. The molecule has 0 spiro atoms. The summed E-state index contributed by atoms with van der Waals surface area (Å²) in [5.41, 5.74) is 2.69. The molecule has 0 radical (unpaired) electrons. The molecule has 0 fully saturated rings. The van der Waals surface area contributed by atoms with Gasteiger partial charge in [-0.2, -0.15) is 0 Å². The maximum Gasteiger partial charge on any atom is 0.311 e. The Morgan fingerprint density at radius 3 is 2.37 bits per heavy atom. The van der Waals surface area contributed by atoms with Crippen molar-refractivity contribution in [1.29, 1.82) is 0 Å². The second-order valence-corrected chi connectivity index (χ2v) is 4.57. The first-order valence-electron chi connectivity index (χ1n) is 6.10. The number of carboxylic acid groups (broad SMARTS) is 1. The van der Waals surface area contributed by atoms with Gasteiger partial charge in [0.05, 0.1) is 5.92 Å². The lowest BCUT2D eigenvalue weighted by atomic mass is 9.90. The molecule has 0 saturated heterocycles. The fourth-order valence-corrected chi connectivity index (χ4v) is 2.10. The van der Waals surface area contributed by atoms with E-state index in [4.69, 9.17) is 0 Å². The number of halogens is 1. The Morgan fingerprint density at radius 1 is 1.16 bits per heavy atom. The summed E-state index contributed by atoms with van der Waals surface area (Å²) in [6.45, 7) is 1.96. The molecular formula is C16H15FO2. The second-order valence-electron chi connectivity index (χ2n) is 4.57. The third-order valence-corrected chi connectivity index (χ3v) is 3.26. The Morgan fingerprint density at radius 2 is 1.79 bits per heavy atom. The molecule has 0 aliphatic heterocycles. The molecule has 0 heterocycles. The molecule has 3 heteroatoms. The molecule has 0 aliphatic rings. The maximum absolute atomic E-state index is 12.9. The van der Waals surface area contributed by atoms with Crippen molar-refractivity contribution in [3.63, 3.8) is 0 Å². The molecule has 19 heavy (non-hydrogen) atoms. The summed E-state index contributed by atoms with van der Waals surface area (Å²) < 4.78 is 12.9. The summed E-state index contributed by atoms with van der Waals surface area (Å²) in [5, 5.41) is 9.35. The SMILES string of the molecule is Cc1ccccc1CC(C(=O)O)c1ccc(F)cc1. The summed E-state index contributed by atoms with van der Waals surface area (Å²) in [4.78, 5) is 11.4. The van der Waals surface area contributed by atoms with Gasteiger partial charge in [0, 0.05) is 0 Å². The molecule has 0 aromatic heterocycles. The van der Waals surface area contributed by atoms with E-state index in [1.54, 1.807) is 0 Å². The van der Waals surface area contributed by atoms with Gasteiger partial charge in [-0.3, -0.25) is 4.79 Å². The van der Waals surface area contributed by atoms with E-state index in [0.717, 1.165) is 11.1 Å². The Kier molecular flexibility index (Phi) is 3.95. The number of hydrogen-bond donors (Lipinski definition) is 1. The van der Waals surface area contributed by atoms with Crippen LogP contribution in [0.5, 0.6) is 0 Å². The highest BCUT2D eigenvalue weighted by molar-refractivity contribution is 5.76. The van der Waals surface area contributed by atoms with Gasteiger partial charge in [-0.1, -0.05) is 36.4 Å². The van der Waals surface area contributed by atoms with Crippen molar-refractivity contribution in [3.8, 4) is 0 Å². The van der Waals surface area contributed by atoms with E-state index in [1.165, 1.54) is 24.3 Å². The van der Waals surface area contributed by atoms with Gasteiger partial charge in [-0.25, -0.2) is 4.39 Å². The number of carboxylic acids is 1. The van der Waals surface area contributed by atoms with E-state index < -0.39 is 11.9 Å². The van der Waals surface area contributed by atoms with E-state index in [0.29, 0.717) is 12.0 Å². The lowest BCUT2D eigenvalue weighted by Crippen LogP contribution is -2.15. The smallest absolute Gasteiger partial charge is 0.311 e. The molecule has 0 amide bonds. The van der Waals surface area contributed by atoms with E-state index in [9.17, 15) is 14.3 Å². The summed E-state index contributed by atoms with van der Waals surface area (Å²) in [6, 6.07) is 13.4. The average Bonchev–Trinajstić information content (AvgIpc) is 2.39. The van der Waals surface area contributed by atoms with Crippen molar-refractivity contribution in [2.45, 2.75) is 19.3 Å². The van der Waals surface area contributed by atoms with E-state index in [2.05, 4.69) is 0 Å². The molecule has 1 atom stereocenters. The first kappa shape index (κ1) is 13.3. The molecule has 2 nitrogen and oxygen atoms in total. The molecule has 98 valence electrons. The van der Waals surface area contributed by atoms with Crippen LogP contribution in [0.25, 0.3) is 0 Å². The Labute approximate surface area is 111 Å². The lowest BCUT2D eigenvalue weighted by molar-refractivity contribution is -0.138. The number of benzene rings is 2. The molecule has 2 aromatic rings. The standard InChI is InChI=1S/C16H15FO2/c1-11-4-2-3-5-13(11)10-15(16(18)19)12-6-8-14(17)9-7-12/h2-9,15H,10H2,1H3,(H,18,19). The van der Waals surface area contributed by atoms with Crippen LogP contribution in [0.3, 0.4) is 0 Å². The van der Waals surface area contributed by atoms with Crippen molar-refractivity contribution in [2.75, 3.05) is 0 Å². The third kappa shape index (κ3) is 3.19. The van der Waals surface area contributed by atoms with Crippen LogP contribution < -0.4 is 0 Å². The molecule has 1 N–H and O–H groups in total. The van der Waals surface area contributed by atoms with Crippen LogP contribution in [0.4, 0.5) is 4.39 Å². The number of hydrogen-bond acceptors (Lipinski definition) is 1. The van der Waals surface area contributed by atoms with Crippen LogP contribution in [0.15, 0.2) is 48.5 Å². The normalized spacial score (nSPS) is 12.1. The second kappa shape index (κ2) is 5.65. The fraction of sp³-hybridized carbons (Fsp3) is 0.188. The molecular weight excluding hydrogens is 243 g/mol. The molecule has 1 unspecified atom stereocenters. The quantitative estimate of drug-likeness (QED) is 0.910. The molecule has 2 aromatic carbocycles. The van der Waals surface area contributed by atoms with Crippen molar-refractivity contribution in [1.82, 2.24) is 0 Å². The maximum atomic E-state index is 12.9. The monoisotopic (exact) mass is 258 g/mol. The number of carbonyl (C=O) groups is 1. The Hall–Kier alpha value is -2.16. The summed E-state index contributed by atoms with van der Waals surface area (Å²) >= 11 is 0. The highest BCUT2D eigenvalue weighted by Gasteiger charge is 2.20. The van der Waals surface area contributed by atoms with Crippen molar-refractivity contribution in [3.05, 3.63) is 71.0 Å². The summed E-state index contributed by atoms with van der Waals surface area (Å²) in [5.74, 6) is -1.90. The number of rotatable bonds is 4. The van der Waals surface area contributed by atoms with Gasteiger partial charge in [0.1, 0.15) is 5.82 Å². The highest BCUT2D eigenvalue weighted by atomic mass is 19.1. The Balaban J connectivity index is 2.29. The van der Waals surface area contributed by atoms with Crippen LogP contribution >= 0.6 is 0 Å². The van der Waals surface area contributed by atoms with E-state index >= 15 is 0 Å². The first-order valence-corrected chi connectivity index (χ1v) is 6.10. The minimum absolute atomic E-state index is 0.358. The fourth-order valence-electron chi connectivity index (χ4n) is 2.10. The number of aryl methyl sites for hydroxylation is 1. The molecule has 2 rings (SSSR count). The molecule has 0 aliphatic carbocycles. The Bertz CT molecular complexity index is 576. The van der Waals surface area contributed by atoms with Gasteiger partial charge in [0.2, 0.25) is 0 Å². The van der Waals surface area contributed by atoms with Gasteiger partial charge in [0.15, 0.2) is 0 Å². The minimum Gasteiger partial charge on any atom is -0.481 e. The highest BCUT2D eigenvalue weighted by Crippen LogP contribution is 2.23. The number of aliphatic carboxylic acids is 1. The van der Waals surface area contributed by atoms with E-state index in [1.807, 2.05) is 31.2 Å². The van der Waals surface area contributed by atoms with Crippen molar-refractivity contribution in [2.24, 2.45) is 0 Å². The van der Waals surface area contributed by atoms with E-state index in [-0.39, 0.29) is 5.82 Å². The predicted molar refractivity (Wildman–Crippen MR) is 71.7 cm³/mol. The minimum atomic E-state index is -0.894. The van der Waals surface area contributed by atoms with Crippen LogP contribution in [-0.4, -0.2) is 11.1 Å². The predicted octanol–water partition coefficient (Wildman–Crippen LogP) is 3.55.